The average molecular weight is 322 g/mol. The van der Waals surface area contributed by atoms with E-state index >= 15 is 0 Å². The van der Waals surface area contributed by atoms with Crippen LogP contribution >= 0.6 is 11.3 Å². The largest absolute Gasteiger partial charge is 0.493 e. The van der Waals surface area contributed by atoms with Crippen LogP contribution in [0.4, 0.5) is 9.93 Å². The van der Waals surface area contributed by atoms with Gasteiger partial charge in [-0.2, -0.15) is 0 Å². The van der Waals surface area contributed by atoms with E-state index in [1.165, 1.54) is 11.3 Å². The molecule has 2 N–H and O–H groups in total. The Balaban J connectivity index is 2.11. The molecule has 0 saturated heterocycles. The molecule has 0 aliphatic carbocycles. The quantitative estimate of drug-likeness (QED) is 0.884. The summed E-state index contributed by atoms with van der Waals surface area (Å²) in [5.74, 6) is 1.29. The number of hydrogen-bond acceptors (Lipinski definition) is 6. The van der Waals surface area contributed by atoms with E-state index < -0.39 is 0 Å². The van der Waals surface area contributed by atoms with Gasteiger partial charge in [-0.15, -0.1) is 10.2 Å². The molecule has 22 heavy (non-hydrogen) atoms. The van der Waals surface area contributed by atoms with Crippen molar-refractivity contribution in [3.63, 3.8) is 0 Å². The number of anilines is 1. The number of aromatic nitrogens is 2. The van der Waals surface area contributed by atoms with Crippen molar-refractivity contribution in [2.45, 2.75) is 19.9 Å². The van der Waals surface area contributed by atoms with E-state index in [2.05, 4.69) is 20.8 Å². The van der Waals surface area contributed by atoms with Crippen LogP contribution in [0.3, 0.4) is 0 Å². The third-order valence-electron chi connectivity index (χ3n) is 3.17. The van der Waals surface area contributed by atoms with Crippen LogP contribution in [-0.4, -0.2) is 30.4 Å². The van der Waals surface area contributed by atoms with Crippen LogP contribution in [0, 0.1) is 6.92 Å². The highest BCUT2D eigenvalue weighted by Crippen LogP contribution is 2.32. The standard InChI is InChI=1S/C14H18N4O3S/c1-8-5-11(20-3)12(21-4)6-10(8)9(2)16-13(19)17-14-18-15-7-22-14/h5-7,9H,1-4H3,(H2,16,17,18,19)/t9-/m0/s1. The zero-order valence-corrected chi connectivity index (χ0v) is 13.7. The predicted molar refractivity (Wildman–Crippen MR) is 84.8 cm³/mol. The summed E-state index contributed by atoms with van der Waals surface area (Å²) in [7, 11) is 3.17. The molecule has 2 aromatic rings. The minimum Gasteiger partial charge on any atom is -0.493 e. The van der Waals surface area contributed by atoms with Gasteiger partial charge in [0.25, 0.3) is 0 Å². The predicted octanol–water partition coefficient (Wildman–Crippen LogP) is 2.75. The molecule has 0 radical (unpaired) electrons. The van der Waals surface area contributed by atoms with Gasteiger partial charge in [0.15, 0.2) is 11.5 Å². The number of ether oxygens (including phenoxy) is 2. The number of nitrogens with zero attached hydrogens (tertiary/aromatic N) is 2. The Morgan fingerprint density at radius 1 is 1.27 bits per heavy atom. The lowest BCUT2D eigenvalue weighted by Crippen LogP contribution is -2.31. The van der Waals surface area contributed by atoms with Crippen molar-refractivity contribution >= 4 is 22.5 Å². The Bertz CT molecular complexity index is 646. The number of aryl methyl sites for hydroxylation is 1. The second-order valence-electron chi connectivity index (χ2n) is 4.63. The number of amides is 2. The molecule has 1 heterocycles. The summed E-state index contributed by atoms with van der Waals surface area (Å²) < 4.78 is 10.6. The van der Waals surface area contributed by atoms with Crippen molar-refractivity contribution in [1.82, 2.24) is 15.5 Å². The topological polar surface area (TPSA) is 85.4 Å². The Labute approximate surface area is 132 Å². The van der Waals surface area contributed by atoms with Crippen LogP contribution in [0.25, 0.3) is 0 Å². The van der Waals surface area contributed by atoms with Crippen molar-refractivity contribution in [1.29, 1.82) is 0 Å². The molecule has 118 valence electrons. The molecular formula is C14H18N4O3S. The van der Waals surface area contributed by atoms with E-state index in [0.29, 0.717) is 16.6 Å². The molecule has 2 rings (SSSR count). The lowest BCUT2D eigenvalue weighted by atomic mass is 10.0. The van der Waals surface area contributed by atoms with E-state index in [4.69, 9.17) is 9.47 Å². The molecule has 0 bridgehead atoms. The molecule has 0 aliphatic rings. The molecule has 2 amide bonds. The van der Waals surface area contributed by atoms with E-state index in [1.807, 2.05) is 26.0 Å². The highest BCUT2D eigenvalue weighted by atomic mass is 32.1. The van der Waals surface area contributed by atoms with E-state index in [-0.39, 0.29) is 12.1 Å². The van der Waals surface area contributed by atoms with Gasteiger partial charge in [-0.05, 0) is 37.1 Å². The van der Waals surface area contributed by atoms with Crippen molar-refractivity contribution in [2.24, 2.45) is 0 Å². The van der Waals surface area contributed by atoms with Crippen molar-refractivity contribution in [3.8, 4) is 11.5 Å². The van der Waals surface area contributed by atoms with Crippen LogP contribution in [-0.2, 0) is 0 Å². The van der Waals surface area contributed by atoms with Crippen LogP contribution in [0.1, 0.15) is 24.1 Å². The van der Waals surface area contributed by atoms with Gasteiger partial charge in [0.05, 0.1) is 20.3 Å². The highest BCUT2D eigenvalue weighted by molar-refractivity contribution is 7.13. The third-order valence-corrected chi connectivity index (χ3v) is 3.77. The third kappa shape index (κ3) is 3.64. The first kappa shape index (κ1) is 16.0. The molecule has 0 saturated carbocycles. The van der Waals surface area contributed by atoms with Crippen molar-refractivity contribution in [2.75, 3.05) is 19.5 Å². The number of hydrogen-bond donors (Lipinski definition) is 2. The fourth-order valence-corrected chi connectivity index (χ4v) is 2.54. The fraction of sp³-hybridized carbons (Fsp3) is 0.357. The lowest BCUT2D eigenvalue weighted by Gasteiger charge is -2.19. The number of carbonyl (C=O) groups is 1. The SMILES string of the molecule is COc1cc(C)c([C@H](C)NC(=O)Nc2nncs2)cc1OC. The summed E-state index contributed by atoms with van der Waals surface area (Å²) in [6.45, 7) is 3.85. The Morgan fingerprint density at radius 2 is 1.95 bits per heavy atom. The fourth-order valence-electron chi connectivity index (χ4n) is 2.10. The van der Waals surface area contributed by atoms with Gasteiger partial charge in [-0.1, -0.05) is 11.3 Å². The van der Waals surface area contributed by atoms with Crippen molar-refractivity contribution in [3.05, 3.63) is 28.8 Å². The van der Waals surface area contributed by atoms with E-state index in [9.17, 15) is 4.79 Å². The summed E-state index contributed by atoms with van der Waals surface area (Å²) in [6, 6.07) is 3.21. The van der Waals surface area contributed by atoms with Crippen LogP contribution in [0.5, 0.6) is 11.5 Å². The number of urea groups is 1. The summed E-state index contributed by atoms with van der Waals surface area (Å²) in [6.07, 6.45) is 0. The number of carbonyl (C=O) groups excluding carboxylic acids is 1. The molecule has 1 atom stereocenters. The number of nitrogens with one attached hydrogen (secondary N) is 2. The lowest BCUT2D eigenvalue weighted by molar-refractivity contribution is 0.249. The molecule has 0 aliphatic heterocycles. The zero-order chi connectivity index (χ0) is 16.1. The molecule has 8 heteroatoms. The van der Waals surface area contributed by atoms with E-state index in [1.54, 1.807) is 19.7 Å². The van der Waals surface area contributed by atoms with Crippen molar-refractivity contribution < 1.29 is 14.3 Å². The molecular weight excluding hydrogens is 304 g/mol. The first-order valence-electron chi connectivity index (χ1n) is 6.61. The number of methoxy groups -OCH3 is 2. The Morgan fingerprint density at radius 3 is 2.55 bits per heavy atom. The molecule has 1 aromatic carbocycles. The van der Waals surface area contributed by atoms with Gasteiger partial charge in [-0.25, -0.2) is 4.79 Å². The van der Waals surface area contributed by atoms with Gasteiger partial charge in [0.1, 0.15) is 5.51 Å². The summed E-state index contributed by atoms with van der Waals surface area (Å²) in [4.78, 5) is 11.9. The highest BCUT2D eigenvalue weighted by Gasteiger charge is 2.16. The van der Waals surface area contributed by atoms with Gasteiger partial charge in [0.2, 0.25) is 5.13 Å². The van der Waals surface area contributed by atoms with Gasteiger partial charge in [-0.3, -0.25) is 5.32 Å². The maximum absolute atomic E-state index is 11.9. The first-order valence-corrected chi connectivity index (χ1v) is 7.49. The second kappa shape index (κ2) is 7.08. The van der Waals surface area contributed by atoms with Crippen LogP contribution < -0.4 is 20.1 Å². The average Bonchev–Trinajstić information content (AvgIpc) is 2.99. The van der Waals surface area contributed by atoms with Crippen LogP contribution in [0.15, 0.2) is 17.6 Å². The normalized spacial score (nSPS) is 11.6. The molecule has 0 unspecified atom stereocenters. The summed E-state index contributed by atoms with van der Waals surface area (Å²) >= 11 is 1.26. The second-order valence-corrected chi connectivity index (χ2v) is 5.46. The molecule has 0 fully saturated rings. The maximum Gasteiger partial charge on any atom is 0.321 e. The number of benzene rings is 1. The molecule has 0 spiro atoms. The molecule has 7 nitrogen and oxygen atoms in total. The Hall–Kier alpha value is -2.35. The Kier molecular flexibility index (Phi) is 5.16. The molecule has 1 aromatic heterocycles. The van der Waals surface area contributed by atoms with Gasteiger partial charge >= 0.3 is 6.03 Å². The number of rotatable bonds is 5. The summed E-state index contributed by atoms with van der Waals surface area (Å²) in [5, 5.41) is 13.4. The maximum atomic E-state index is 11.9. The van der Waals surface area contributed by atoms with Gasteiger partial charge in [0, 0.05) is 0 Å². The van der Waals surface area contributed by atoms with Gasteiger partial charge < -0.3 is 14.8 Å². The smallest absolute Gasteiger partial charge is 0.321 e. The zero-order valence-electron chi connectivity index (χ0n) is 12.8. The minimum atomic E-state index is -0.335. The summed E-state index contributed by atoms with van der Waals surface area (Å²) in [5.41, 5.74) is 3.50. The van der Waals surface area contributed by atoms with E-state index in [0.717, 1.165) is 11.1 Å². The van der Waals surface area contributed by atoms with Crippen LogP contribution in [0.2, 0.25) is 0 Å². The monoisotopic (exact) mass is 322 g/mol. The minimum absolute atomic E-state index is 0.201. The first-order chi connectivity index (χ1) is 10.5.